The Morgan fingerprint density at radius 1 is 1.29 bits per heavy atom. The third-order valence-corrected chi connectivity index (χ3v) is 2.45. The van der Waals surface area contributed by atoms with Gasteiger partial charge in [0.15, 0.2) is 0 Å². The van der Waals surface area contributed by atoms with Crippen LogP contribution in [0.15, 0.2) is 41.1 Å². The monoisotopic (exact) mass is 290 g/mol. The number of rotatable bonds is 4. The molecule has 4 N–H and O–H groups in total. The lowest BCUT2D eigenvalue weighted by Gasteiger charge is -2.09. The Morgan fingerprint density at radius 2 is 2.14 bits per heavy atom. The molecular weight excluding hydrogens is 276 g/mol. The molecule has 0 aliphatic heterocycles. The van der Waals surface area contributed by atoms with Gasteiger partial charge < -0.3 is 14.8 Å². The topological polar surface area (TPSA) is 116 Å². The molecule has 1 aromatic heterocycles. The Bertz CT molecular complexity index is 612. The van der Waals surface area contributed by atoms with Crippen molar-refractivity contribution >= 4 is 17.6 Å². The molecule has 0 aliphatic carbocycles. The van der Waals surface area contributed by atoms with Gasteiger partial charge >= 0.3 is 6.03 Å². The molecule has 3 amide bonds. The molecule has 0 saturated carbocycles. The van der Waals surface area contributed by atoms with Gasteiger partial charge in [0.25, 0.3) is 0 Å². The second-order valence-electron chi connectivity index (χ2n) is 4.02. The van der Waals surface area contributed by atoms with E-state index >= 15 is 0 Å². The summed E-state index contributed by atoms with van der Waals surface area (Å²) in [5, 5.41) is 11.1. The van der Waals surface area contributed by atoms with Crippen molar-refractivity contribution in [2.24, 2.45) is 0 Å². The third kappa shape index (κ3) is 4.32. The number of aliphatic hydroxyl groups is 1. The van der Waals surface area contributed by atoms with Gasteiger partial charge in [-0.15, -0.1) is 0 Å². The number of anilines is 1. The van der Waals surface area contributed by atoms with Gasteiger partial charge in [-0.25, -0.2) is 15.2 Å². The Balaban J connectivity index is 1.92. The van der Waals surface area contributed by atoms with Crippen LogP contribution >= 0.6 is 0 Å². The predicted molar refractivity (Wildman–Crippen MR) is 73.9 cm³/mol. The zero-order chi connectivity index (χ0) is 15.1. The number of nitrogens with zero attached hydrogens (tertiary/aromatic N) is 1. The first-order chi connectivity index (χ1) is 10.2. The highest BCUT2D eigenvalue weighted by atomic mass is 16.3. The number of benzene rings is 1. The first-order valence-corrected chi connectivity index (χ1v) is 6.15. The summed E-state index contributed by atoms with van der Waals surface area (Å²) in [6.45, 7) is -0.284. The molecule has 8 nitrogen and oxygen atoms in total. The zero-order valence-corrected chi connectivity index (χ0v) is 11.0. The third-order valence-electron chi connectivity index (χ3n) is 2.45. The van der Waals surface area contributed by atoms with Crippen LogP contribution in [0.5, 0.6) is 0 Å². The maximum atomic E-state index is 11.6. The Hall–Kier alpha value is -2.87. The van der Waals surface area contributed by atoms with Crippen molar-refractivity contribution in [3.63, 3.8) is 0 Å². The number of amides is 3. The second-order valence-corrected chi connectivity index (χ2v) is 4.02. The summed E-state index contributed by atoms with van der Waals surface area (Å²) < 4.78 is 5.17. The number of hydrogen-bond donors (Lipinski definition) is 4. The van der Waals surface area contributed by atoms with E-state index in [4.69, 9.17) is 9.52 Å². The average Bonchev–Trinajstić information content (AvgIpc) is 3.00. The van der Waals surface area contributed by atoms with Crippen molar-refractivity contribution in [3.8, 4) is 11.5 Å². The van der Waals surface area contributed by atoms with Gasteiger partial charge in [0.2, 0.25) is 11.8 Å². The number of urea groups is 1. The maximum absolute atomic E-state index is 11.6. The van der Waals surface area contributed by atoms with Crippen LogP contribution in [-0.2, 0) is 4.79 Å². The SMILES string of the molecule is O=C(CCO)NNC(=O)Nc1cccc(-c2ncco2)c1. The van der Waals surface area contributed by atoms with Gasteiger partial charge in [0.05, 0.1) is 19.2 Å². The van der Waals surface area contributed by atoms with Crippen LogP contribution < -0.4 is 16.2 Å². The molecule has 1 heterocycles. The molecule has 110 valence electrons. The number of hydrogen-bond acceptors (Lipinski definition) is 5. The molecule has 0 atom stereocenters. The lowest BCUT2D eigenvalue weighted by Crippen LogP contribution is -2.44. The predicted octanol–water partition coefficient (Wildman–Crippen LogP) is 0.877. The van der Waals surface area contributed by atoms with Gasteiger partial charge in [-0.2, -0.15) is 0 Å². The second kappa shape index (κ2) is 7.06. The normalized spacial score (nSPS) is 9.95. The van der Waals surface area contributed by atoms with E-state index in [1.165, 1.54) is 12.5 Å². The van der Waals surface area contributed by atoms with Gasteiger partial charge in [-0.1, -0.05) is 6.07 Å². The highest BCUT2D eigenvalue weighted by Gasteiger charge is 2.07. The smallest absolute Gasteiger partial charge is 0.337 e. The molecule has 0 fully saturated rings. The number of hydrazine groups is 1. The van der Waals surface area contributed by atoms with Gasteiger partial charge in [0, 0.05) is 11.3 Å². The van der Waals surface area contributed by atoms with E-state index in [9.17, 15) is 9.59 Å². The first kappa shape index (κ1) is 14.5. The lowest BCUT2D eigenvalue weighted by atomic mass is 10.2. The van der Waals surface area contributed by atoms with Crippen LogP contribution in [0.3, 0.4) is 0 Å². The summed E-state index contributed by atoms with van der Waals surface area (Å²) >= 11 is 0. The summed E-state index contributed by atoms with van der Waals surface area (Å²) in [4.78, 5) is 26.7. The minimum absolute atomic E-state index is 0.0834. The number of oxazole rings is 1. The number of nitrogens with one attached hydrogen (secondary N) is 3. The van der Waals surface area contributed by atoms with E-state index in [2.05, 4.69) is 21.2 Å². The summed E-state index contributed by atoms with van der Waals surface area (Å²) in [5.74, 6) is -0.0449. The molecule has 1 aromatic carbocycles. The van der Waals surface area contributed by atoms with Crippen LogP contribution in [0, 0.1) is 0 Å². The molecule has 0 bridgehead atoms. The van der Waals surface area contributed by atoms with E-state index in [1.807, 2.05) is 0 Å². The zero-order valence-electron chi connectivity index (χ0n) is 11.0. The quantitative estimate of drug-likeness (QED) is 0.624. The largest absolute Gasteiger partial charge is 0.445 e. The van der Waals surface area contributed by atoms with Gasteiger partial charge in [-0.05, 0) is 18.2 Å². The Kier molecular flexibility index (Phi) is 4.89. The Labute approximate surface area is 120 Å². The number of aromatic nitrogens is 1. The van der Waals surface area contributed by atoms with Crippen molar-refractivity contribution in [3.05, 3.63) is 36.7 Å². The van der Waals surface area contributed by atoms with E-state index in [1.54, 1.807) is 24.3 Å². The molecule has 2 aromatic rings. The van der Waals surface area contributed by atoms with Crippen molar-refractivity contribution in [2.45, 2.75) is 6.42 Å². The van der Waals surface area contributed by atoms with E-state index in [-0.39, 0.29) is 13.0 Å². The standard InChI is InChI=1S/C13H14N4O4/c18-6-4-11(19)16-17-13(20)15-10-3-1-2-9(8-10)12-14-5-7-21-12/h1-3,5,7-8,18H,4,6H2,(H,16,19)(H2,15,17,20). The summed E-state index contributed by atoms with van der Waals surface area (Å²) in [6.07, 6.45) is 2.90. The average molecular weight is 290 g/mol. The van der Waals surface area contributed by atoms with Crippen LogP contribution in [0.2, 0.25) is 0 Å². The van der Waals surface area contributed by atoms with Gasteiger partial charge in [-0.3, -0.25) is 10.2 Å². The Morgan fingerprint density at radius 3 is 2.86 bits per heavy atom. The molecule has 0 radical (unpaired) electrons. The summed E-state index contributed by atoms with van der Waals surface area (Å²) in [5.41, 5.74) is 5.55. The first-order valence-electron chi connectivity index (χ1n) is 6.15. The van der Waals surface area contributed by atoms with Crippen molar-refractivity contribution in [2.75, 3.05) is 11.9 Å². The van der Waals surface area contributed by atoms with Crippen LogP contribution in [0.25, 0.3) is 11.5 Å². The fraction of sp³-hybridized carbons (Fsp3) is 0.154. The molecule has 0 saturated heterocycles. The van der Waals surface area contributed by atoms with Crippen molar-refractivity contribution in [1.82, 2.24) is 15.8 Å². The molecule has 0 unspecified atom stereocenters. The molecule has 8 heteroatoms. The molecule has 0 spiro atoms. The fourth-order valence-corrected chi connectivity index (χ4v) is 1.55. The minimum Gasteiger partial charge on any atom is -0.445 e. The highest BCUT2D eigenvalue weighted by Crippen LogP contribution is 2.20. The number of carbonyl (C=O) groups excluding carboxylic acids is 2. The van der Waals surface area contributed by atoms with E-state index in [0.717, 1.165) is 0 Å². The molecular formula is C13H14N4O4. The summed E-state index contributed by atoms with van der Waals surface area (Å²) in [7, 11) is 0. The van der Waals surface area contributed by atoms with Gasteiger partial charge in [0.1, 0.15) is 6.26 Å². The maximum Gasteiger partial charge on any atom is 0.337 e. The highest BCUT2D eigenvalue weighted by molar-refractivity contribution is 5.91. The summed E-state index contributed by atoms with van der Waals surface area (Å²) in [6, 6.07) is 6.28. The molecule has 2 rings (SSSR count). The number of carbonyl (C=O) groups is 2. The van der Waals surface area contributed by atoms with E-state index in [0.29, 0.717) is 17.1 Å². The fourth-order valence-electron chi connectivity index (χ4n) is 1.55. The van der Waals surface area contributed by atoms with Crippen LogP contribution in [0.4, 0.5) is 10.5 Å². The molecule has 21 heavy (non-hydrogen) atoms. The van der Waals surface area contributed by atoms with Crippen LogP contribution in [-0.4, -0.2) is 28.6 Å². The minimum atomic E-state index is -0.606. The number of aliphatic hydroxyl groups excluding tert-OH is 1. The molecule has 0 aliphatic rings. The van der Waals surface area contributed by atoms with Crippen molar-refractivity contribution < 1.29 is 19.1 Å². The van der Waals surface area contributed by atoms with E-state index < -0.39 is 11.9 Å². The van der Waals surface area contributed by atoms with Crippen molar-refractivity contribution in [1.29, 1.82) is 0 Å². The van der Waals surface area contributed by atoms with Crippen LogP contribution in [0.1, 0.15) is 6.42 Å². The lowest BCUT2D eigenvalue weighted by molar-refractivity contribution is -0.122.